The maximum atomic E-state index is 13.5. The van der Waals surface area contributed by atoms with E-state index in [0.717, 1.165) is 13.0 Å². The Morgan fingerprint density at radius 1 is 1.33 bits per heavy atom. The van der Waals surface area contributed by atoms with Crippen molar-refractivity contribution >= 4 is 38.1 Å². The minimum atomic E-state index is -4.00. The van der Waals surface area contributed by atoms with Crippen LogP contribution in [-0.4, -0.2) is 71.7 Å². The summed E-state index contributed by atoms with van der Waals surface area (Å²) in [6.45, 7) is 5.72. The predicted molar refractivity (Wildman–Crippen MR) is 129 cm³/mol. The largest absolute Gasteiger partial charge is 0.377 e. The van der Waals surface area contributed by atoms with Crippen molar-refractivity contribution in [2.24, 2.45) is 0 Å². The second kappa shape index (κ2) is 8.28. The summed E-state index contributed by atoms with van der Waals surface area (Å²) in [5, 5.41) is 10.3. The summed E-state index contributed by atoms with van der Waals surface area (Å²) in [5.74, 6) is 0. The van der Waals surface area contributed by atoms with Gasteiger partial charge in [0.05, 0.1) is 40.4 Å². The lowest BCUT2D eigenvalue weighted by atomic mass is 10.0. The van der Waals surface area contributed by atoms with E-state index in [-0.39, 0.29) is 34.8 Å². The van der Waals surface area contributed by atoms with E-state index >= 15 is 0 Å². The van der Waals surface area contributed by atoms with Crippen molar-refractivity contribution in [1.29, 1.82) is 0 Å². The highest BCUT2D eigenvalue weighted by molar-refractivity contribution is 7.89. The third kappa shape index (κ3) is 3.75. The molecule has 4 heterocycles. The van der Waals surface area contributed by atoms with Gasteiger partial charge in [0.15, 0.2) is 5.01 Å². The van der Waals surface area contributed by atoms with Gasteiger partial charge in [-0.3, -0.25) is 4.57 Å². The summed E-state index contributed by atoms with van der Waals surface area (Å²) in [7, 11) is -4.00. The lowest BCUT2D eigenvalue weighted by Crippen LogP contribution is -2.59. The molecule has 11 nitrogen and oxygen atoms in total. The molecular weight excluding hydrogens is 516 g/mol. The summed E-state index contributed by atoms with van der Waals surface area (Å²) in [6, 6.07) is 3.50. The van der Waals surface area contributed by atoms with E-state index in [4.69, 9.17) is 4.74 Å². The lowest BCUT2D eigenvalue weighted by Gasteiger charge is -2.38. The number of nitrogens with one attached hydrogen (secondary N) is 2. The number of benzene rings is 1. The van der Waals surface area contributed by atoms with Gasteiger partial charge in [0.1, 0.15) is 0 Å². The van der Waals surface area contributed by atoms with Crippen molar-refractivity contribution in [2.75, 3.05) is 31.2 Å². The highest BCUT2D eigenvalue weighted by Crippen LogP contribution is 2.40. The smallest absolute Gasteiger partial charge is 0.335 e. The summed E-state index contributed by atoms with van der Waals surface area (Å²) in [4.78, 5) is 15.7. The molecule has 1 saturated carbocycles. The molecule has 3 aliphatic rings. The molecule has 3 aromatic rings. The molecule has 1 aliphatic carbocycles. The number of imidazole rings is 1. The molecular formula is C21H25F2N7O4S2. The van der Waals surface area contributed by atoms with Crippen molar-refractivity contribution < 1.29 is 21.9 Å². The minimum absolute atomic E-state index is 0.0190. The Bertz CT molecular complexity index is 1510. The second-order valence-corrected chi connectivity index (χ2v) is 12.3. The van der Waals surface area contributed by atoms with Gasteiger partial charge in [-0.15, -0.1) is 10.2 Å². The van der Waals surface area contributed by atoms with Gasteiger partial charge in [0.25, 0.3) is 6.43 Å². The summed E-state index contributed by atoms with van der Waals surface area (Å²) >= 11 is 0.605. The standard InChI is InChI=1S/C21H25F2N7O4S2/c1-3-28-16-14(29-5-4-24-12-8-13(12)29)6-11(36(32,33)27-21(2)9-34-10-21)7-15(16)30(20(28)31)19-26-25-18(35-19)17(22)23/h6-7,12-13,17,24,27H,3-5,8-10H2,1-2H3. The van der Waals surface area contributed by atoms with Crippen LogP contribution >= 0.6 is 11.3 Å². The van der Waals surface area contributed by atoms with E-state index in [9.17, 15) is 22.0 Å². The van der Waals surface area contributed by atoms with Crippen molar-refractivity contribution in [3.05, 3.63) is 27.6 Å². The zero-order valence-corrected chi connectivity index (χ0v) is 21.2. The summed E-state index contributed by atoms with van der Waals surface area (Å²) in [5.41, 5.74) is 0.219. The number of halogens is 2. The van der Waals surface area contributed by atoms with Crippen LogP contribution in [0.4, 0.5) is 14.5 Å². The third-order valence-electron chi connectivity index (χ3n) is 6.86. The Balaban J connectivity index is 1.60. The van der Waals surface area contributed by atoms with E-state index in [1.165, 1.54) is 15.2 Å². The van der Waals surface area contributed by atoms with Crippen LogP contribution < -0.4 is 20.6 Å². The molecule has 2 saturated heterocycles. The number of nitrogens with zero attached hydrogens (tertiary/aromatic N) is 5. The topological polar surface area (TPSA) is 123 Å². The average Bonchev–Trinajstić information content (AvgIpc) is 3.35. The van der Waals surface area contributed by atoms with Crippen molar-refractivity contribution in [3.63, 3.8) is 0 Å². The normalized spacial score (nSPS) is 23.2. The van der Waals surface area contributed by atoms with Crippen LogP contribution in [0.15, 0.2) is 21.8 Å². The van der Waals surface area contributed by atoms with E-state index < -0.39 is 32.7 Å². The molecule has 0 radical (unpaired) electrons. The Morgan fingerprint density at radius 3 is 2.75 bits per heavy atom. The molecule has 0 bridgehead atoms. The van der Waals surface area contributed by atoms with Gasteiger partial charge >= 0.3 is 5.69 Å². The third-order valence-corrected chi connectivity index (χ3v) is 9.39. The molecule has 2 aromatic heterocycles. The monoisotopic (exact) mass is 541 g/mol. The number of hydrogen-bond acceptors (Lipinski definition) is 9. The van der Waals surface area contributed by atoms with Crippen LogP contribution in [0.1, 0.15) is 31.7 Å². The molecule has 3 fully saturated rings. The SMILES string of the molecule is CCn1c(=O)n(-c2nnc(C(F)F)s2)c2cc(S(=O)(=O)NC3(C)COC3)cc(N3CCNC4CC43)c21. The Morgan fingerprint density at radius 2 is 2.11 bits per heavy atom. The van der Waals surface area contributed by atoms with E-state index in [2.05, 4.69) is 25.1 Å². The molecule has 0 spiro atoms. The van der Waals surface area contributed by atoms with Gasteiger partial charge < -0.3 is 15.0 Å². The highest BCUT2D eigenvalue weighted by atomic mass is 32.2. The zero-order valence-electron chi connectivity index (χ0n) is 19.6. The van der Waals surface area contributed by atoms with Crippen LogP contribution in [0, 0.1) is 0 Å². The summed E-state index contributed by atoms with van der Waals surface area (Å²) in [6.07, 6.45) is -1.92. The Hall–Kier alpha value is -2.46. The second-order valence-electron chi connectivity index (χ2n) is 9.61. The number of ether oxygens (including phenoxy) is 1. The van der Waals surface area contributed by atoms with Crippen LogP contribution in [0.2, 0.25) is 0 Å². The number of sulfonamides is 1. The maximum Gasteiger partial charge on any atom is 0.335 e. The van der Waals surface area contributed by atoms with Gasteiger partial charge in [0.2, 0.25) is 15.2 Å². The fraction of sp³-hybridized carbons (Fsp3) is 0.571. The van der Waals surface area contributed by atoms with E-state index in [1.54, 1.807) is 19.9 Å². The number of piperazine rings is 1. The molecule has 1 aromatic carbocycles. The first-order chi connectivity index (χ1) is 17.1. The number of hydrogen-bond donors (Lipinski definition) is 2. The minimum Gasteiger partial charge on any atom is -0.377 e. The maximum absolute atomic E-state index is 13.5. The van der Waals surface area contributed by atoms with Crippen molar-refractivity contribution in [1.82, 2.24) is 29.4 Å². The first-order valence-corrected chi connectivity index (χ1v) is 13.9. The van der Waals surface area contributed by atoms with E-state index in [1.807, 2.05) is 0 Å². The molecule has 2 unspecified atom stereocenters. The number of anilines is 1. The molecule has 2 N–H and O–H groups in total. The van der Waals surface area contributed by atoms with Gasteiger partial charge in [-0.1, -0.05) is 11.3 Å². The van der Waals surface area contributed by atoms with Crippen LogP contribution in [0.25, 0.3) is 16.2 Å². The highest BCUT2D eigenvalue weighted by Gasteiger charge is 2.45. The fourth-order valence-corrected chi connectivity index (χ4v) is 7.16. The molecule has 194 valence electrons. The number of aryl methyl sites for hydroxylation is 1. The molecule has 6 rings (SSSR count). The van der Waals surface area contributed by atoms with Crippen molar-refractivity contribution in [3.8, 4) is 5.13 Å². The van der Waals surface area contributed by atoms with Gasteiger partial charge in [0, 0.05) is 31.7 Å². The predicted octanol–water partition coefficient (Wildman–Crippen LogP) is 1.22. The Kier molecular flexibility index (Phi) is 5.50. The van der Waals surface area contributed by atoms with Crippen LogP contribution in [-0.2, 0) is 21.3 Å². The number of rotatable bonds is 7. The molecule has 15 heteroatoms. The van der Waals surface area contributed by atoms with Crippen LogP contribution in [0.3, 0.4) is 0 Å². The first kappa shape index (κ1) is 23.9. The average molecular weight is 542 g/mol. The van der Waals surface area contributed by atoms with E-state index in [0.29, 0.717) is 41.7 Å². The van der Waals surface area contributed by atoms with Gasteiger partial charge in [-0.25, -0.2) is 31.3 Å². The quantitative estimate of drug-likeness (QED) is 0.458. The molecule has 2 atom stereocenters. The summed E-state index contributed by atoms with van der Waals surface area (Å²) < 4.78 is 64.1. The zero-order chi connectivity index (χ0) is 25.4. The lowest BCUT2D eigenvalue weighted by molar-refractivity contribution is -0.0523. The van der Waals surface area contributed by atoms with Crippen molar-refractivity contribution in [2.45, 2.75) is 55.8 Å². The van der Waals surface area contributed by atoms with Crippen LogP contribution in [0.5, 0.6) is 0 Å². The molecule has 2 aliphatic heterocycles. The first-order valence-electron chi connectivity index (χ1n) is 11.6. The molecule has 0 amide bonds. The number of aromatic nitrogens is 4. The van der Waals surface area contributed by atoms with Gasteiger partial charge in [-0.05, 0) is 32.4 Å². The number of alkyl halides is 2. The Labute approximate surface area is 209 Å². The fourth-order valence-electron chi connectivity index (χ4n) is 5.03. The molecule has 36 heavy (non-hydrogen) atoms. The van der Waals surface area contributed by atoms with Gasteiger partial charge in [-0.2, -0.15) is 0 Å². The number of fused-ring (bicyclic) bond motifs is 2.